The van der Waals surface area contributed by atoms with Crippen LogP contribution >= 0.6 is 0 Å². The summed E-state index contributed by atoms with van der Waals surface area (Å²) in [5.41, 5.74) is 7.85. The van der Waals surface area contributed by atoms with E-state index in [2.05, 4.69) is 5.32 Å². The van der Waals surface area contributed by atoms with Crippen LogP contribution in [-0.2, 0) is 4.79 Å². The second-order valence-corrected chi connectivity index (χ2v) is 4.50. The zero-order chi connectivity index (χ0) is 13.1. The molecular formula is C13H17N3O2. The number of nitrogens with two attached hydrogens (primary N) is 1. The van der Waals surface area contributed by atoms with Gasteiger partial charge in [-0.1, -0.05) is 0 Å². The van der Waals surface area contributed by atoms with Crippen LogP contribution in [0.15, 0.2) is 18.2 Å². The van der Waals surface area contributed by atoms with Gasteiger partial charge in [0.25, 0.3) is 5.91 Å². The molecule has 0 atom stereocenters. The topological polar surface area (TPSA) is 75.4 Å². The number of carbonyl (C=O) groups is 2. The van der Waals surface area contributed by atoms with E-state index in [9.17, 15) is 9.59 Å². The van der Waals surface area contributed by atoms with Gasteiger partial charge in [0.2, 0.25) is 5.91 Å². The van der Waals surface area contributed by atoms with Crippen LogP contribution in [0.4, 0.5) is 5.69 Å². The van der Waals surface area contributed by atoms with Crippen molar-refractivity contribution in [1.82, 2.24) is 10.2 Å². The molecule has 0 unspecified atom stereocenters. The van der Waals surface area contributed by atoms with Crippen LogP contribution in [-0.4, -0.2) is 36.3 Å². The second-order valence-electron chi connectivity index (χ2n) is 4.50. The summed E-state index contributed by atoms with van der Waals surface area (Å²) in [4.78, 5) is 25.3. The molecule has 1 fully saturated rings. The highest BCUT2D eigenvalue weighted by Crippen LogP contribution is 2.15. The molecule has 1 aliphatic heterocycles. The van der Waals surface area contributed by atoms with E-state index < -0.39 is 0 Å². The minimum atomic E-state index is -0.116. The molecule has 0 radical (unpaired) electrons. The number of hydrogen-bond acceptors (Lipinski definition) is 3. The number of nitrogens with zero attached hydrogens (tertiary/aromatic N) is 1. The number of nitrogen functional groups attached to an aromatic ring is 1. The molecule has 5 nitrogen and oxygen atoms in total. The molecular weight excluding hydrogens is 230 g/mol. The highest BCUT2D eigenvalue weighted by Gasteiger charge is 2.21. The van der Waals surface area contributed by atoms with Gasteiger partial charge in [0.15, 0.2) is 0 Å². The Labute approximate surface area is 106 Å². The summed E-state index contributed by atoms with van der Waals surface area (Å²) in [5.74, 6) is -0.219. The molecule has 0 bridgehead atoms. The maximum absolute atomic E-state index is 12.3. The zero-order valence-corrected chi connectivity index (χ0v) is 10.4. The number of nitrogens with one attached hydrogen (secondary N) is 1. The van der Waals surface area contributed by atoms with E-state index in [1.54, 1.807) is 23.1 Å². The Morgan fingerprint density at radius 2 is 2.22 bits per heavy atom. The van der Waals surface area contributed by atoms with Crippen molar-refractivity contribution in [2.24, 2.45) is 0 Å². The van der Waals surface area contributed by atoms with E-state index in [-0.39, 0.29) is 18.4 Å². The molecule has 0 spiro atoms. The van der Waals surface area contributed by atoms with Crippen LogP contribution < -0.4 is 11.1 Å². The number of benzene rings is 1. The average Bonchev–Trinajstić information content (AvgIpc) is 2.56. The predicted octanol–water partition coefficient (Wildman–Crippen LogP) is 0.539. The fourth-order valence-corrected chi connectivity index (χ4v) is 1.97. The lowest BCUT2D eigenvalue weighted by atomic mass is 10.1. The molecule has 2 amide bonds. The Kier molecular flexibility index (Phi) is 3.50. The fraction of sp³-hybridized carbons (Fsp3) is 0.385. The van der Waals surface area contributed by atoms with Crippen LogP contribution in [0.2, 0.25) is 0 Å². The number of carbonyl (C=O) groups excluding carboxylic acids is 2. The maximum Gasteiger partial charge on any atom is 0.254 e. The highest BCUT2D eigenvalue weighted by atomic mass is 16.2. The smallest absolute Gasteiger partial charge is 0.254 e. The summed E-state index contributed by atoms with van der Waals surface area (Å²) in [6.45, 7) is 3.22. The van der Waals surface area contributed by atoms with Crippen molar-refractivity contribution in [3.05, 3.63) is 29.3 Å². The van der Waals surface area contributed by atoms with Crippen molar-refractivity contribution in [3.63, 3.8) is 0 Å². The summed E-state index contributed by atoms with van der Waals surface area (Å²) < 4.78 is 0. The van der Waals surface area contributed by atoms with Crippen molar-refractivity contribution in [3.8, 4) is 0 Å². The highest BCUT2D eigenvalue weighted by molar-refractivity contribution is 5.97. The van der Waals surface area contributed by atoms with Crippen LogP contribution in [0.25, 0.3) is 0 Å². The summed E-state index contributed by atoms with van der Waals surface area (Å²) in [6.07, 6.45) is 0.783. The molecule has 2 rings (SSSR count). The van der Waals surface area contributed by atoms with Gasteiger partial charge in [-0.05, 0) is 37.1 Å². The van der Waals surface area contributed by atoms with Crippen LogP contribution in [0.1, 0.15) is 22.3 Å². The normalized spacial score (nSPS) is 16.1. The van der Waals surface area contributed by atoms with Gasteiger partial charge in [0.05, 0.1) is 6.54 Å². The van der Waals surface area contributed by atoms with Crippen LogP contribution in [0, 0.1) is 6.92 Å². The maximum atomic E-state index is 12.3. The van der Waals surface area contributed by atoms with Gasteiger partial charge in [0, 0.05) is 24.3 Å². The molecule has 1 aromatic rings. The van der Waals surface area contributed by atoms with Gasteiger partial charge in [-0.15, -0.1) is 0 Å². The molecule has 0 aromatic heterocycles. The first kappa shape index (κ1) is 12.4. The third-order valence-electron chi connectivity index (χ3n) is 3.07. The molecule has 5 heteroatoms. The first-order chi connectivity index (χ1) is 8.58. The standard InChI is InChI=1S/C13H17N3O2/c1-9-7-10(3-4-11(9)14)13(18)16-6-2-5-15-12(17)8-16/h3-4,7H,2,5-6,8,14H2,1H3,(H,15,17). The van der Waals surface area contributed by atoms with Crippen molar-refractivity contribution < 1.29 is 9.59 Å². The van der Waals surface area contributed by atoms with E-state index in [0.29, 0.717) is 24.3 Å². The third-order valence-corrected chi connectivity index (χ3v) is 3.07. The number of anilines is 1. The average molecular weight is 247 g/mol. The molecule has 1 heterocycles. The van der Waals surface area contributed by atoms with E-state index in [1.165, 1.54) is 0 Å². The van der Waals surface area contributed by atoms with Crippen molar-refractivity contribution in [2.75, 3.05) is 25.4 Å². The van der Waals surface area contributed by atoms with Gasteiger partial charge in [0.1, 0.15) is 0 Å². The molecule has 1 aromatic carbocycles. The van der Waals surface area contributed by atoms with E-state index in [0.717, 1.165) is 12.0 Å². The lowest BCUT2D eigenvalue weighted by Gasteiger charge is -2.19. The minimum absolute atomic E-state index is 0.104. The quantitative estimate of drug-likeness (QED) is 0.711. The van der Waals surface area contributed by atoms with Crippen molar-refractivity contribution >= 4 is 17.5 Å². The molecule has 18 heavy (non-hydrogen) atoms. The molecule has 1 saturated heterocycles. The fourth-order valence-electron chi connectivity index (χ4n) is 1.97. The first-order valence-electron chi connectivity index (χ1n) is 6.00. The van der Waals surface area contributed by atoms with Gasteiger partial charge < -0.3 is 16.0 Å². The SMILES string of the molecule is Cc1cc(C(=O)N2CCCNC(=O)C2)ccc1N. The first-order valence-corrected chi connectivity index (χ1v) is 6.00. The molecule has 0 aliphatic carbocycles. The van der Waals surface area contributed by atoms with Gasteiger partial charge >= 0.3 is 0 Å². The summed E-state index contributed by atoms with van der Waals surface area (Å²) in [6, 6.07) is 5.19. The molecule has 96 valence electrons. The molecule has 3 N–H and O–H groups in total. The van der Waals surface area contributed by atoms with Gasteiger partial charge in [-0.3, -0.25) is 9.59 Å². The van der Waals surface area contributed by atoms with Gasteiger partial charge in [-0.25, -0.2) is 0 Å². The Bertz CT molecular complexity index is 485. The summed E-state index contributed by atoms with van der Waals surface area (Å²) in [7, 11) is 0. The summed E-state index contributed by atoms with van der Waals surface area (Å²) in [5, 5.41) is 2.75. The van der Waals surface area contributed by atoms with E-state index in [1.807, 2.05) is 6.92 Å². The Balaban J connectivity index is 2.19. The number of aryl methyl sites for hydroxylation is 1. The number of amides is 2. The van der Waals surface area contributed by atoms with Crippen molar-refractivity contribution in [2.45, 2.75) is 13.3 Å². The zero-order valence-electron chi connectivity index (χ0n) is 10.4. The Hall–Kier alpha value is -2.04. The second kappa shape index (κ2) is 5.08. The summed E-state index contributed by atoms with van der Waals surface area (Å²) >= 11 is 0. The van der Waals surface area contributed by atoms with Crippen molar-refractivity contribution in [1.29, 1.82) is 0 Å². The van der Waals surface area contributed by atoms with E-state index in [4.69, 9.17) is 5.73 Å². The predicted molar refractivity (Wildman–Crippen MR) is 69.1 cm³/mol. The van der Waals surface area contributed by atoms with Crippen LogP contribution in [0.3, 0.4) is 0 Å². The number of rotatable bonds is 1. The third kappa shape index (κ3) is 2.61. The van der Waals surface area contributed by atoms with Gasteiger partial charge in [-0.2, -0.15) is 0 Å². The molecule has 0 saturated carbocycles. The largest absolute Gasteiger partial charge is 0.399 e. The van der Waals surface area contributed by atoms with E-state index >= 15 is 0 Å². The Morgan fingerprint density at radius 3 is 2.94 bits per heavy atom. The van der Waals surface area contributed by atoms with Crippen LogP contribution in [0.5, 0.6) is 0 Å². The lowest BCUT2D eigenvalue weighted by molar-refractivity contribution is -0.121. The molecule has 1 aliphatic rings. The Morgan fingerprint density at radius 1 is 1.44 bits per heavy atom. The number of hydrogen-bond donors (Lipinski definition) is 2. The lowest BCUT2D eigenvalue weighted by Crippen LogP contribution is -2.37. The minimum Gasteiger partial charge on any atom is -0.399 e. The monoisotopic (exact) mass is 247 g/mol.